The van der Waals surface area contributed by atoms with E-state index in [2.05, 4.69) is 84.6 Å². The van der Waals surface area contributed by atoms with E-state index in [0.29, 0.717) is 32.5 Å². The van der Waals surface area contributed by atoms with Crippen LogP contribution in [0.3, 0.4) is 0 Å². The molecule has 3 aromatic rings. The smallest absolute Gasteiger partial charge is 0.106 e. The first kappa shape index (κ1) is 23.3. The van der Waals surface area contributed by atoms with Gasteiger partial charge >= 0.3 is 0 Å². The molecule has 0 N–H and O–H groups in total. The Balaban J connectivity index is 1.33. The Hall–Kier alpha value is -2.50. The monoisotopic (exact) mass is 457 g/mol. The van der Waals surface area contributed by atoms with Crippen molar-refractivity contribution in [2.24, 2.45) is 0 Å². The van der Waals surface area contributed by atoms with Gasteiger partial charge in [0.25, 0.3) is 0 Å². The second-order valence-corrected chi connectivity index (χ2v) is 9.77. The van der Waals surface area contributed by atoms with Gasteiger partial charge in [-0.25, -0.2) is 0 Å². The number of hydrogen-bond donors (Lipinski definition) is 0. The molecule has 4 nitrogen and oxygen atoms in total. The molecular weight excluding hydrogens is 422 g/mol. The Labute approximate surface area is 203 Å². The molecule has 1 heterocycles. The zero-order valence-electron chi connectivity index (χ0n) is 20.0. The summed E-state index contributed by atoms with van der Waals surface area (Å²) in [6.45, 7) is 5.57. The Morgan fingerprint density at radius 3 is 1.74 bits per heavy atom. The lowest BCUT2D eigenvalue weighted by atomic mass is 9.94. The van der Waals surface area contributed by atoms with E-state index < -0.39 is 0 Å². The van der Waals surface area contributed by atoms with Gasteiger partial charge in [-0.15, -0.1) is 0 Å². The SMILES string of the molecule is C[C@@]1(COCc2ccccc2)[C@@H](OCc2ccccc2)[C@H](OCc2ccccc2)CN1C1CC1. The van der Waals surface area contributed by atoms with Crippen molar-refractivity contribution in [1.29, 1.82) is 0 Å². The van der Waals surface area contributed by atoms with Crippen molar-refractivity contribution in [1.82, 2.24) is 4.90 Å². The Bertz CT molecular complexity index is 1010. The van der Waals surface area contributed by atoms with E-state index in [1.165, 1.54) is 29.5 Å². The van der Waals surface area contributed by atoms with E-state index in [9.17, 15) is 0 Å². The number of benzene rings is 3. The normalized spacial score (nSPS) is 25.0. The van der Waals surface area contributed by atoms with Crippen LogP contribution in [0.1, 0.15) is 36.5 Å². The molecule has 2 fully saturated rings. The number of hydrogen-bond acceptors (Lipinski definition) is 4. The molecule has 0 bridgehead atoms. The number of likely N-dealkylation sites (tertiary alicyclic amines) is 1. The minimum atomic E-state index is -0.244. The highest BCUT2D eigenvalue weighted by molar-refractivity contribution is 5.17. The predicted molar refractivity (Wildman–Crippen MR) is 134 cm³/mol. The molecule has 3 atom stereocenters. The molecule has 4 heteroatoms. The highest BCUT2D eigenvalue weighted by atomic mass is 16.5. The van der Waals surface area contributed by atoms with E-state index in [1.807, 2.05) is 18.2 Å². The fourth-order valence-electron chi connectivity index (χ4n) is 5.09. The minimum Gasteiger partial charge on any atom is -0.375 e. The highest BCUT2D eigenvalue weighted by Gasteiger charge is 2.56. The fraction of sp³-hybridized carbons (Fsp3) is 0.400. The van der Waals surface area contributed by atoms with Gasteiger partial charge < -0.3 is 14.2 Å². The molecule has 178 valence electrons. The number of rotatable bonds is 11. The van der Waals surface area contributed by atoms with Crippen LogP contribution in [-0.2, 0) is 34.0 Å². The fourth-order valence-corrected chi connectivity index (χ4v) is 5.09. The summed E-state index contributed by atoms with van der Waals surface area (Å²) in [5.74, 6) is 0. The summed E-state index contributed by atoms with van der Waals surface area (Å²) in [4.78, 5) is 2.60. The quantitative estimate of drug-likeness (QED) is 0.374. The van der Waals surface area contributed by atoms with Gasteiger partial charge in [-0.2, -0.15) is 0 Å². The van der Waals surface area contributed by atoms with Crippen molar-refractivity contribution in [2.45, 2.75) is 63.4 Å². The van der Waals surface area contributed by atoms with Crippen molar-refractivity contribution in [3.05, 3.63) is 108 Å². The molecule has 1 aliphatic carbocycles. The summed E-state index contributed by atoms with van der Waals surface area (Å²) >= 11 is 0. The van der Waals surface area contributed by atoms with Gasteiger partial charge in [0.2, 0.25) is 0 Å². The van der Waals surface area contributed by atoms with Crippen LogP contribution in [-0.4, -0.2) is 41.8 Å². The van der Waals surface area contributed by atoms with E-state index >= 15 is 0 Å². The molecule has 1 saturated carbocycles. The van der Waals surface area contributed by atoms with Gasteiger partial charge in [0, 0.05) is 12.6 Å². The Morgan fingerprint density at radius 1 is 0.706 bits per heavy atom. The molecule has 0 unspecified atom stereocenters. The lowest BCUT2D eigenvalue weighted by Gasteiger charge is -2.39. The first-order valence-corrected chi connectivity index (χ1v) is 12.4. The van der Waals surface area contributed by atoms with Gasteiger partial charge in [-0.3, -0.25) is 4.90 Å². The Morgan fingerprint density at radius 2 is 1.21 bits per heavy atom. The van der Waals surface area contributed by atoms with Gasteiger partial charge in [0.1, 0.15) is 6.10 Å². The third-order valence-electron chi connectivity index (χ3n) is 7.06. The van der Waals surface area contributed by atoms with Crippen molar-refractivity contribution >= 4 is 0 Å². The molecule has 0 aromatic heterocycles. The molecule has 1 aliphatic heterocycles. The van der Waals surface area contributed by atoms with Gasteiger partial charge in [-0.05, 0) is 36.5 Å². The summed E-state index contributed by atoms with van der Waals surface area (Å²) in [6, 6.07) is 31.8. The van der Waals surface area contributed by atoms with Gasteiger partial charge in [0.05, 0.1) is 38.1 Å². The van der Waals surface area contributed by atoms with Crippen LogP contribution in [0.2, 0.25) is 0 Å². The molecule has 0 amide bonds. The molecule has 34 heavy (non-hydrogen) atoms. The predicted octanol–water partition coefficient (Wildman–Crippen LogP) is 5.61. The molecule has 3 aromatic carbocycles. The van der Waals surface area contributed by atoms with Crippen molar-refractivity contribution in [3.63, 3.8) is 0 Å². The Kier molecular flexibility index (Phi) is 7.41. The molecule has 5 rings (SSSR count). The van der Waals surface area contributed by atoms with Crippen LogP contribution < -0.4 is 0 Å². The second-order valence-electron chi connectivity index (χ2n) is 9.77. The van der Waals surface area contributed by atoms with Crippen molar-refractivity contribution in [2.75, 3.05) is 13.2 Å². The largest absolute Gasteiger partial charge is 0.375 e. The first-order valence-electron chi connectivity index (χ1n) is 12.4. The maximum absolute atomic E-state index is 6.67. The van der Waals surface area contributed by atoms with Crippen LogP contribution in [0, 0.1) is 0 Å². The van der Waals surface area contributed by atoms with Crippen LogP contribution in [0.15, 0.2) is 91.0 Å². The minimum absolute atomic E-state index is 0.00477. The number of nitrogens with zero attached hydrogens (tertiary/aromatic N) is 1. The highest BCUT2D eigenvalue weighted by Crippen LogP contribution is 2.42. The van der Waals surface area contributed by atoms with E-state index in [-0.39, 0.29) is 17.7 Å². The maximum atomic E-state index is 6.67. The summed E-state index contributed by atoms with van der Waals surface area (Å²) in [5.41, 5.74) is 3.32. The third kappa shape index (κ3) is 5.59. The summed E-state index contributed by atoms with van der Waals surface area (Å²) < 4.78 is 19.5. The molecular formula is C30H35NO3. The zero-order valence-corrected chi connectivity index (χ0v) is 20.0. The van der Waals surface area contributed by atoms with Crippen molar-refractivity contribution in [3.8, 4) is 0 Å². The molecule has 2 aliphatic rings. The van der Waals surface area contributed by atoms with Crippen LogP contribution in [0.4, 0.5) is 0 Å². The van der Waals surface area contributed by atoms with E-state index in [0.717, 1.165) is 6.54 Å². The lowest BCUT2D eigenvalue weighted by Crippen LogP contribution is -2.54. The molecule has 0 spiro atoms. The third-order valence-corrected chi connectivity index (χ3v) is 7.06. The van der Waals surface area contributed by atoms with Crippen molar-refractivity contribution < 1.29 is 14.2 Å². The second kappa shape index (κ2) is 10.8. The van der Waals surface area contributed by atoms with Crippen LogP contribution in [0.25, 0.3) is 0 Å². The van der Waals surface area contributed by atoms with E-state index in [4.69, 9.17) is 14.2 Å². The zero-order chi connectivity index (χ0) is 23.2. The van der Waals surface area contributed by atoms with Gasteiger partial charge in [0.15, 0.2) is 0 Å². The summed E-state index contributed by atoms with van der Waals surface area (Å²) in [5, 5.41) is 0. The summed E-state index contributed by atoms with van der Waals surface area (Å²) in [6.07, 6.45) is 2.40. The van der Waals surface area contributed by atoms with Gasteiger partial charge in [-0.1, -0.05) is 91.0 Å². The molecule has 1 saturated heterocycles. The standard InChI is InChI=1S/C30H35NO3/c1-30(23-32-20-24-11-5-2-6-12-24)29(34-22-26-15-9-4-10-16-26)28(19-31(30)27-17-18-27)33-21-25-13-7-3-8-14-25/h2-16,27-29H,17-23H2,1H3/t28-,29+,30-/m1/s1. The number of ether oxygens (including phenoxy) is 3. The summed E-state index contributed by atoms with van der Waals surface area (Å²) in [7, 11) is 0. The average molecular weight is 458 g/mol. The van der Waals surface area contributed by atoms with Crippen LogP contribution in [0.5, 0.6) is 0 Å². The van der Waals surface area contributed by atoms with Crippen LogP contribution >= 0.6 is 0 Å². The maximum Gasteiger partial charge on any atom is 0.106 e. The first-order chi connectivity index (χ1) is 16.7. The van der Waals surface area contributed by atoms with E-state index in [1.54, 1.807) is 0 Å². The lowest BCUT2D eigenvalue weighted by molar-refractivity contribution is -0.111. The molecule has 0 radical (unpaired) electrons. The topological polar surface area (TPSA) is 30.9 Å². The average Bonchev–Trinajstić information content (AvgIpc) is 3.68.